The minimum absolute atomic E-state index is 0.0820. The second-order valence-electron chi connectivity index (χ2n) is 4.44. The minimum atomic E-state index is -4.17. The smallest absolute Gasteiger partial charge is 0.388 e. The Hall–Kier alpha value is -1.62. The van der Waals surface area contributed by atoms with Gasteiger partial charge < -0.3 is 5.11 Å². The van der Waals surface area contributed by atoms with Crippen molar-refractivity contribution in [3.63, 3.8) is 0 Å². The Labute approximate surface area is 108 Å². The Kier molecular flexibility index (Phi) is 4.04. The molecule has 0 radical (unpaired) electrons. The molecule has 1 unspecified atom stereocenters. The number of pyridine rings is 1. The summed E-state index contributed by atoms with van der Waals surface area (Å²) < 4.78 is 36.2. The van der Waals surface area contributed by atoms with Gasteiger partial charge in [0.1, 0.15) is 0 Å². The third kappa shape index (κ3) is 3.67. The standard InChI is InChI=1S/C14H14F3NO/c15-14(16,17)8-2-7-13(19)11-4-1-6-12-10(11)5-3-9-18-12/h1,3-6,9,13,19H,2,7-8H2. The van der Waals surface area contributed by atoms with E-state index in [0.717, 1.165) is 10.9 Å². The van der Waals surface area contributed by atoms with E-state index in [4.69, 9.17) is 0 Å². The normalized spacial score (nSPS) is 13.7. The number of benzene rings is 1. The quantitative estimate of drug-likeness (QED) is 0.910. The Balaban J connectivity index is 2.11. The van der Waals surface area contributed by atoms with Gasteiger partial charge in [0.25, 0.3) is 0 Å². The molecule has 0 aliphatic carbocycles. The van der Waals surface area contributed by atoms with Gasteiger partial charge in [0, 0.05) is 18.0 Å². The van der Waals surface area contributed by atoms with Crippen molar-refractivity contribution in [1.29, 1.82) is 0 Å². The molecule has 5 heteroatoms. The molecule has 2 nitrogen and oxygen atoms in total. The lowest BCUT2D eigenvalue weighted by Gasteiger charge is -2.14. The van der Waals surface area contributed by atoms with Crippen molar-refractivity contribution < 1.29 is 18.3 Å². The van der Waals surface area contributed by atoms with Gasteiger partial charge in [-0.05, 0) is 30.5 Å². The van der Waals surface area contributed by atoms with Gasteiger partial charge in [0.2, 0.25) is 0 Å². The van der Waals surface area contributed by atoms with Crippen LogP contribution in [0.4, 0.5) is 13.2 Å². The first-order chi connectivity index (χ1) is 8.97. The van der Waals surface area contributed by atoms with Crippen molar-refractivity contribution in [2.75, 3.05) is 0 Å². The predicted octanol–water partition coefficient (Wildman–Crippen LogP) is 4.00. The number of alkyl halides is 3. The fourth-order valence-electron chi connectivity index (χ4n) is 2.07. The largest absolute Gasteiger partial charge is 0.389 e. The highest BCUT2D eigenvalue weighted by Crippen LogP contribution is 2.29. The Bertz CT molecular complexity index is 548. The summed E-state index contributed by atoms with van der Waals surface area (Å²) in [5.74, 6) is 0. The van der Waals surface area contributed by atoms with Gasteiger partial charge in [-0.15, -0.1) is 0 Å². The number of hydrogen-bond donors (Lipinski definition) is 1. The summed E-state index contributed by atoms with van der Waals surface area (Å²) in [6.45, 7) is 0. The molecule has 0 bridgehead atoms. The van der Waals surface area contributed by atoms with Gasteiger partial charge in [-0.3, -0.25) is 4.98 Å². The molecule has 102 valence electrons. The third-order valence-corrected chi connectivity index (χ3v) is 2.98. The van der Waals surface area contributed by atoms with Gasteiger partial charge in [0.15, 0.2) is 0 Å². The summed E-state index contributed by atoms with van der Waals surface area (Å²) >= 11 is 0. The Morgan fingerprint density at radius 2 is 1.95 bits per heavy atom. The summed E-state index contributed by atoms with van der Waals surface area (Å²) in [5.41, 5.74) is 1.36. The third-order valence-electron chi connectivity index (χ3n) is 2.98. The Morgan fingerprint density at radius 1 is 1.16 bits per heavy atom. The van der Waals surface area contributed by atoms with Gasteiger partial charge in [-0.2, -0.15) is 13.2 Å². The van der Waals surface area contributed by atoms with Crippen LogP contribution < -0.4 is 0 Å². The lowest BCUT2D eigenvalue weighted by Crippen LogP contribution is -2.08. The SMILES string of the molecule is OC(CCCC(F)(F)F)c1cccc2ncccc12. The van der Waals surface area contributed by atoms with Crippen molar-refractivity contribution in [2.45, 2.75) is 31.5 Å². The molecule has 0 amide bonds. The summed E-state index contributed by atoms with van der Waals surface area (Å²) in [7, 11) is 0. The summed E-state index contributed by atoms with van der Waals surface area (Å²) in [6, 6.07) is 8.83. The molecule has 0 aliphatic heterocycles. The zero-order valence-corrected chi connectivity index (χ0v) is 10.2. The molecule has 0 saturated heterocycles. The van der Waals surface area contributed by atoms with E-state index in [2.05, 4.69) is 4.98 Å². The van der Waals surface area contributed by atoms with E-state index in [9.17, 15) is 18.3 Å². The van der Waals surface area contributed by atoms with Crippen LogP contribution in [0.25, 0.3) is 10.9 Å². The summed E-state index contributed by atoms with van der Waals surface area (Å²) in [4.78, 5) is 4.15. The average Bonchev–Trinajstić information content (AvgIpc) is 2.36. The van der Waals surface area contributed by atoms with Crippen LogP contribution in [0.5, 0.6) is 0 Å². The number of hydrogen-bond acceptors (Lipinski definition) is 2. The number of fused-ring (bicyclic) bond motifs is 1. The van der Waals surface area contributed by atoms with E-state index >= 15 is 0 Å². The van der Waals surface area contributed by atoms with Gasteiger partial charge >= 0.3 is 6.18 Å². The van der Waals surface area contributed by atoms with Crippen LogP contribution >= 0.6 is 0 Å². The maximum absolute atomic E-state index is 12.1. The molecular weight excluding hydrogens is 255 g/mol. The fraction of sp³-hybridized carbons (Fsp3) is 0.357. The summed E-state index contributed by atoms with van der Waals surface area (Å²) in [6.07, 6.45) is -4.28. The molecule has 1 atom stereocenters. The highest BCUT2D eigenvalue weighted by atomic mass is 19.4. The lowest BCUT2D eigenvalue weighted by molar-refractivity contribution is -0.136. The Morgan fingerprint density at radius 3 is 2.68 bits per heavy atom. The lowest BCUT2D eigenvalue weighted by atomic mass is 9.99. The van der Waals surface area contributed by atoms with Crippen molar-refractivity contribution in [3.8, 4) is 0 Å². The maximum atomic E-state index is 12.1. The first-order valence-corrected chi connectivity index (χ1v) is 6.06. The van der Waals surface area contributed by atoms with Crippen molar-refractivity contribution >= 4 is 10.9 Å². The van der Waals surface area contributed by atoms with E-state index in [1.54, 1.807) is 30.5 Å². The van der Waals surface area contributed by atoms with E-state index in [0.29, 0.717) is 5.56 Å². The summed E-state index contributed by atoms with van der Waals surface area (Å²) in [5, 5.41) is 10.8. The first kappa shape index (κ1) is 13.8. The van der Waals surface area contributed by atoms with Crippen molar-refractivity contribution in [1.82, 2.24) is 4.98 Å². The molecule has 1 aromatic heterocycles. The van der Waals surface area contributed by atoms with Crippen LogP contribution in [0.1, 0.15) is 30.9 Å². The van der Waals surface area contributed by atoms with Gasteiger partial charge in [0.05, 0.1) is 11.6 Å². The second-order valence-corrected chi connectivity index (χ2v) is 4.44. The van der Waals surface area contributed by atoms with Crippen LogP contribution in [-0.4, -0.2) is 16.3 Å². The van der Waals surface area contributed by atoms with Gasteiger partial charge in [-0.1, -0.05) is 18.2 Å². The van der Waals surface area contributed by atoms with E-state index in [-0.39, 0.29) is 12.8 Å². The zero-order valence-electron chi connectivity index (χ0n) is 10.2. The van der Waals surface area contributed by atoms with Crippen molar-refractivity contribution in [2.24, 2.45) is 0 Å². The monoisotopic (exact) mass is 269 g/mol. The molecule has 1 aromatic carbocycles. The number of nitrogens with zero attached hydrogens (tertiary/aromatic N) is 1. The molecule has 1 N–H and O–H groups in total. The molecule has 1 heterocycles. The number of rotatable bonds is 4. The highest BCUT2D eigenvalue weighted by Gasteiger charge is 2.26. The zero-order chi connectivity index (χ0) is 13.9. The minimum Gasteiger partial charge on any atom is -0.388 e. The van der Waals surface area contributed by atoms with Crippen LogP contribution in [0.2, 0.25) is 0 Å². The fourth-order valence-corrected chi connectivity index (χ4v) is 2.07. The number of halogens is 3. The van der Waals surface area contributed by atoms with E-state index < -0.39 is 18.7 Å². The topological polar surface area (TPSA) is 33.1 Å². The van der Waals surface area contributed by atoms with Crippen LogP contribution in [0.15, 0.2) is 36.5 Å². The number of aliphatic hydroxyl groups is 1. The molecule has 0 saturated carbocycles. The molecular formula is C14H14F3NO. The second kappa shape index (κ2) is 5.57. The molecule has 2 aromatic rings. The highest BCUT2D eigenvalue weighted by molar-refractivity contribution is 5.82. The molecule has 2 rings (SSSR count). The average molecular weight is 269 g/mol. The van der Waals surface area contributed by atoms with Crippen LogP contribution in [0.3, 0.4) is 0 Å². The predicted molar refractivity (Wildman–Crippen MR) is 66.6 cm³/mol. The van der Waals surface area contributed by atoms with Crippen molar-refractivity contribution in [3.05, 3.63) is 42.1 Å². The maximum Gasteiger partial charge on any atom is 0.389 e. The van der Waals surface area contributed by atoms with Crippen LogP contribution in [0, 0.1) is 0 Å². The number of aromatic nitrogens is 1. The van der Waals surface area contributed by atoms with Crippen LogP contribution in [-0.2, 0) is 0 Å². The molecule has 0 fully saturated rings. The first-order valence-electron chi connectivity index (χ1n) is 6.06. The van der Waals surface area contributed by atoms with E-state index in [1.807, 2.05) is 6.07 Å². The number of aliphatic hydroxyl groups excluding tert-OH is 1. The molecule has 19 heavy (non-hydrogen) atoms. The molecule has 0 aliphatic rings. The van der Waals surface area contributed by atoms with Gasteiger partial charge in [-0.25, -0.2) is 0 Å². The van der Waals surface area contributed by atoms with E-state index in [1.165, 1.54) is 0 Å². The molecule has 0 spiro atoms.